The predicted molar refractivity (Wildman–Crippen MR) is 108 cm³/mol. The number of amides is 1. The average Bonchev–Trinajstić information content (AvgIpc) is 2.73. The van der Waals surface area contributed by atoms with Crippen LogP contribution in [-0.4, -0.2) is 29.1 Å². The van der Waals surface area contributed by atoms with E-state index in [1.54, 1.807) is 6.07 Å². The standard InChI is InChI=1S/C20H20N4O5/c1-3-23(4-2)15-9-8-13-10-17(20(22-26)29-18(13)12-15)19(25)21-14-6-5-7-16(11-14)24(27)28/h5-12,26H,3-4H2,1-2H3,(H,21,25)/b22-20+. The normalized spacial score (nSPS) is 11.4. The molecule has 2 N–H and O–H groups in total. The van der Waals surface area contributed by atoms with Gasteiger partial charge in [0.2, 0.25) is 0 Å². The van der Waals surface area contributed by atoms with Crippen LogP contribution in [0.1, 0.15) is 24.2 Å². The Morgan fingerprint density at radius 1 is 1.21 bits per heavy atom. The molecule has 9 nitrogen and oxygen atoms in total. The molecule has 3 rings (SSSR count). The molecule has 1 aromatic heterocycles. The topological polar surface area (TPSA) is 121 Å². The van der Waals surface area contributed by atoms with E-state index in [2.05, 4.69) is 15.4 Å². The van der Waals surface area contributed by atoms with Gasteiger partial charge in [-0.2, -0.15) is 0 Å². The summed E-state index contributed by atoms with van der Waals surface area (Å²) in [4.78, 5) is 25.1. The minimum atomic E-state index is -0.614. The second-order valence-electron chi connectivity index (χ2n) is 6.22. The Bertz CT molecular complexity index is 1140. The molecule has 9 heteroatoms. The van der Waals surface area contributed by atoms with Crippen molar-refractivity contribution in [2.45, 2.75) is 13.8 Å². The van der Waals surface area contributed by atoms with Crippen molar-refractivity contribution in [3.63, 3.8) is 0 Å². The van der Waals surface area contributed by atoms with Gasteiger partial charge in [-0.1, -0.05) is 6.07 Å². The van der Waals surface area contributed by atoms with E-state index in [1.165, 1.54) is 24.3 Å². The Kier molecular flexibility index (Phi) is 5.77. The molecule has 150 valence electrons. The number of carbonyl (C=O) groups excluding carboxylic acids is 1. The molecule has 2 aromatic carbocycles. The summed E-state index contributed by atoms with van der Waals surface area (Å²) in [5.41, 5.74) is 1.25. The molecule has 0 aliphatic carbocycles. The molecule has 0 saturated carbocycles. The number of anilines is 2. The lowest BCUT2D eigenvalue weighted by Crippen LogP contribution is -2.23. The van der Waals surface area contributed by atoms with Gasteiger partial charge in [-0.3, -0.25) is 14.9 Å². The van der Waals surface area contributed by atoms with Gasteiger partial charge < -0.3 is 19.8 Å². The summed E-state index contributed by atoms with van der Waals surface area (Å²) >= 11 is 0. The highest BCUT2D eigenvalue weighted by Crippen LogP contribution is 2.23. The average molecular weight is 396 g/mol. The number of nitrogens with one attached hydrogen (secondary N) is 1. The largest absolute Gasteiger partial charge is 0.435 e. The van der Waals surface area contributed by atoms with Crippen molar-refractivity contribution < 1.29 is 19.3 Å². The molecule has 0 unspecified atom stereocenters. The maximum atomic E-state index is 12.7. The van der Waals surface area contributed by atoms with E-state index in [-0.39, 0.29) is 22.5 Å². The van der Waals surface area contributed by atoms with Crippen molar-refractivity contribution in [3.05, 3.63) is 69.8 Å². The molecule has 0 bridgehead atoms. The number of hydrogen-bond donors (Lipinski definition) is 2. The molecule has 29 heavy (non-hydrogen) atoms. The Hall–Kier alpha value is -3.88. The van der Waals surface area contributed by atoms with Gasteiger partial charge >= 0.3 is 0 Å². The first kappa shape index (κ1) is 19.9. The summed E-state index contributed by atoms with van der Waals surface area (Å²) in [6.07, 6.45) is 0. The molecule has 0 saturated heterocycles. The minimum absolute atomic E-state index is 0.00194. The Morgan fingerprint density at radius 3 is 2.62 bits per heavy atom. The van der Waals surface area contributed by atoms with Gasteiger partial charge in [-0.15, -0.1) is 0 Å². The number of nitrogens with zero attached hydrogens (tertiary/aromatic N) is 3. The highest BCUT2D eigenvalue weighted by Gasteiger charge is 2.15. The smallest absolute Gasteiger partial charge is 0.271 e. The quantitative estimate of drug-likeness (QED) is 0.372. The lowest BCUT2D eigenvalue weighted by molar-refractivity contribution is -0.384. The Balaban J connectivity index is 1.98. The lowest BCUT2D eigenvalue weighted by atomic mass is 10.1. The number of fused-ring (bicyclic) bond motifs is 1. The number of nitro groups is 1. The van der Waals surface area contributed by atoms with Crippen molar-refractivity contribution in [2.24, 2.45) is 5.16 Å². The molecule has 1 amide bonds. The number of hydrogen-bond acceptors (Lipinski definition) is 7. The molecule has 0 aliphatic heterocycles. The monoisotopic (exact) mass is 396 g/mol. The van der Waals surface area contributed by atoms with Crippen LogP contribution in [0, 0.1) is 10.1 Å². The van der Waals surface area contributed by atoms with Crippen LogP contribution in [0.4, 0.5) is 17.1 Å². The summed E-state index contributed by atoms with van der Waals surface area (Å²) in [6, 6.07) is 12.7. The molecule has 0 spiro atoms. The first-order valence-corrected chi connectivity index (χ1v) is 9.03. The van der Waals surface area contributed by atoms with Crippen LogP contribution in [0.3, 0.4) is 0 Å². The SMILES string of the molecule is CCN(CC)c1ccc2cc(C(=O)Nc3cccc([N+](=O)[O-])c3)/c(=N\O)oc2c1. The number of rotatable bonds is 6. The zero-order valence-corrected chi connectivity index (χ0v) is 16.0. The maximum absolute atomic E-state index is 12.7. The van der Waals surface area contributed by atoms with Crippen molar-refractivity contribution in [3.8, 4) is 0 Å². The summed E-state index contributed by atoms with van der Waals surface area (Å²) in [6.45, 7) is 5.73. The highest BCUT2D eigenvalue weighted by atomic mass is 16.6. The fourth-order valence-corrected chi connectivity index (χ4v) is 3.03. The zero-order valence-electron chi connectivity index (χ0n) is 16.0. The first-order chi connectivity index (χ1) is 14.0. The lowest BCUT2D eigenvalue weighted by Gasteiger charge is -2.21. The molecule has 1 heterocycles. The van der Waals surface area contributed by atoms with Crippen molar-refractivity contribution in [1.29, 1.82) is 0 Å². The fourth-order valence-electron chi connectivity index (χ4n) is 3.03. The highest BCUT2D eigenvalue weighted by molar-refractivity contribution is 6.05. The minimum Gasteiger partial charge on any atom is -0.435 e. The van der Waals surface area contributed by atoms with Gasteiger partial charge in [0.15, 0.2) is 0 Å². The van der Waals surface area contributed by atoms with E-state index in [0.717, 1.165) is 18.8 Å². The number of benzene rings is 2. The molecular formula is C20H20N4O5. The second-order valence-corrected chi connectivity index (χ2v) is 6.22. The van der Waals surface area contributed by atoms with Crippen LogP contribution < -0.4 is 15.8 Å². The van der Waals surface area contributed by atoms with Crippen molar-refractivity contribution in [1.82, 2.24) is 0 Å². The predicted octanol–water partition coefficient (Wildman–Crippen LogP) is 3.73. The van der Waals surface area contributed by atoms with E-state index in [0.29, 0.717) is 11.0 Å². The van der Waals surface area contributed by atoms with Crippen LogP contribution in [0.15, 0.2) is 58.1 Å². The first-order valence-electron chi connectivity index (χ1n) is 9.03. The molecular weight excluding hydrogens is 376 g/mol. The second kappa shape index (κ2) is 8.42. The molecule has 0 aliphatic rings. The number of carbonyl (C=O) groups is 1. The van der Waals surface area contributed by atoms with Gasteiger partial charge in [0.05, 0.1) is 4.92 Å². The van der Waals surface area contributed by atoms with E-state index in [1.807, 2.05) is 32.0 Å². The van der Waals surface area contributed by atoms with Gasteiger partial charge in [0, 0.05) is 48.0 Å². The van der Waals surface area contributed by atoms with Crippen molar-refractivity contribution in [2.75, 3.05) is 23.3 Å². The van der Waals surface area contributed by atoms with E-state index in [4.69, 9.17) is 4.42 Å². The third-order valence-electron chi connectivity index (χ3n) is 4.51. The number of nitro benzene ring substituents is 1. The van der Waals surface area contributed by atoms with Gasteiger partial charge in [-0.05, 0) is 43.3 Å². The van der Waals surface area contributed by atoms with Crippen LogP contribution in [0.25, 0.3) is 11.0 Å². The summed E-state index contributed by atoms with van der Waals surface area (Å²) < 4.78 is 5.63. The van der Waals surface area contributed by atoms with Gasteiger partial charge in [-0.25, -0.2) is 0 Å². The van der Waals surface area contributed by atoms with E-state index >= 15 is 0 Å². The van der Waals surface area contributed by atoms with Crippen LogP contribution in [-0.2, 0) is 0 Å². The summed E-state index contributed by atoms with van der Waals surface area (Å²) in [5.74, 6) is -0.614. The van der Waals surface area contributed by atoms with Crippen molar-refractivity contribution >= 4 is 33.9 Å². The summed E-state index contributed by atoms with van der Waals surface area (Å²) in [5, 5.41) is 26.5. The third-order valence-corrected chi connectivity index (χ3v) is 4.51. The van der Waals surface area contributed by atoms with E-state index < -0.39 is 10.8 Å². The van der Waals surface area contributed by atoms with Crippen LogP contribution in [0.2, 0.25) is 0 Å². The van der Waals surface area contributed by atoms with Gasteiger partial charge in [0.1, 0.15) is 11.1 Å². The molecule has 0 fully saturated rings. The summed E-state index contributed by atoms with van der Waals surface area (Å²) in [7, 11) is 0. The molecule has 0 radical (unpaired) electrons. The van der Waals surface area contributed by atoms with Crippen LogP contribution >= 0.6 is 0 Å². The molecule has 0 atom stereocenters. The van der Waals surface area contributed by atoms with Crippen LogP contribution in [0.5, 0.6) is 0 Å². The molecule has 3 aromatic rings. The fraction of sp³-hybridized carbons (Fsp3) is 0.200. The number of non-ortho nitro benzene ring substituents is 1. The van der Waals surface area contributed by atoms with Gasteiger partial charge in [0.25, 0.3) is 17.1 Å². The maximum Gasteiger partial charge on any atom is 0.271 e. The Labute approximate surface area is 166 Å². The third kappa shape index (κ3) is 4.18. The van der Waals surface area contributed by atoms with E-state index in [9.17, 15) is 20.1 Å². The Morgan fingerprint density at radius 2 is 1.97 bits per heavy atom. The zero-order chi connectivity index (χ0) is 21.0.